The molecule has 194 valence electrons. The summed E-state index contributed by atoms with van der Waals surface area (Å²) in [4.78, 5) is 23.6. The molecule has 6 nitrogen and oxygen atoms in total. The Morgan fingerprint density at radius 1 is 0.917 bits per heavy atom. The molecule has 0 aromatic heterocycles. The van der Waals surface area contributed by atoms with Crippen LogP contribution in [0, 0.1) is 5.92 Å². The monoisotopic (exact) mass is 491 g/mol. The van der Waals surface area contributed by atoms with Gasteiger partial charge in [0.05, 0.1) is 6.42 Å². The van der Waals surface area contributed by atoms with E-state index in [1.807, 2.05) is 120 Å². The Balaban J connectivity index is 0.00000154. The Hall–Kier alpha value is -3.64. The fourth-order valence-corrected chi connectivity index (χ4v) is 3.35. The molecule has 0 bridgehead atoms. The summed E-state index contributed by atoms with van der Waals surface area (Å²) in [6.07, 6.45) is 8.97. The molecule has 1 aliphatic carbocycles. The predicted octanol–water partition coefficient (Wildman–Crippen LogP) is 6.35. The molecular formula is C30H41N3O3. The van der Waals surface area contributed by atoms with Crippen LogP contribution in [-0.4, -0.2) is 23.0 Å². The molecule has 1 aliphatic rings. The average Bonchev–Trinajstić information content (AvgIpc) is 3.13. The van der Waals surface area contributed by atoms with Gasteiger partial charge < -0.3 is 15.8 Å². The van der Waals surface area contributed by atoms with Gasteiger partial charge in [-0.15, -0.1) is 0 Å². The number of anilines is 1. The molecular weight excluding hydrogens is 450 g/mol. The molecule has 0 saturated carbocycles. The van der Waals surface area contributed by atoms with Gasteiger partial charge in [0.15, 0.2) is 0 Å². The van der Waals surface area contributed by atoms with E-state index in [0.29, 0.717) is 6.42 Å². The number of para-hydroxylation sites is 1. The van der Waals surface area contributed by atoms with Crippen LogP contribution in [0.15, 0.2) is 84.6 Å². The van der Waals surface area contributed by atoms with Crippen LogP contribution in [-0.2, 0) is 16.0 Å². The van der Waals surface area contributed by atoms with E-state index < -0.39 is 12.0 Å². The first-order valence-corrected chi connectivity index (χ1v) is 12.7. The summed E-state index contributed by atoms with van der Waals surface area (Å²) < 4.78 is 0. The lowest BCUT2D eigenvalue weighted by Gasteiger charge is -2.19. The van der Waals surface area contributed by atoms with Gasteiger partial charge in [0, 0.05) is 11.4 Å². The van der Waals surface area contributed by atoms with Crippen LogP contribution in [0.2, 0.25) is 0 Å². The summed E-state index contributed by atoms with van der Waals surface area (Å²) in [5.74, 6) is -0.984. The quantitative estimate of drug-likeness (QED) is 0.307. The zero-order valence-corrected chi connectivity index (χ0v) is 22.3. The molecule has 0 radical (unpaired) electrons. The third-order valence-corrected chi connectivity index (χ3v) is 5.15. The lowest BCUT2D eigenvalue weighted by atomic mass is 10.0. The second kappa shape index (κ2) is 16.9. The van der Waals surface area contributed by atoms with E-state index >= 15 is 0 Å². The maximum atomic E-state index is 12.3. The zero-order chi connectivity index (χ0) is 26.9. The molecule has 2 aromatic carbocycles. The van der Waals surface area contributed by atoms with Crippen molar-refractivity contribution in [2.75, 3.05) is 5.32 Å². The number of hydrogen-bond donors (Lipinski definition) is 4. The molecule has 0 heterocycles. The Labute approximate surface area is 216 Å². The summed E-state index contributed by atoms with van der Waals surface area (Å²) >= 11 is 0. The van der Waals surface area contributed by atoms with Crippen molar-refractivity contribution in [3.63, 3.8) is 0 Å². The number of aliphatic carboxylic acids is 1. The number of hydrazine groups is 1. The van der Waals surface area contributed by atoms with E-state index in [1.54, 1.807) is 0 Å². The molecule has 1 atom stereocenters. The Morgan fingerprint density at radius 2 is 1.56 bits per heavy atom. The van der Waals surface area contributed by atoms with Gasteiger partial charge in [0.2, 0.25) is 5.91 Å². The summed E-state index contributed by atoms with van der Waals surface area (Å²) in [6, 6.07) is 16.7. The van der Waals surface area contributed by atoms with Crippen molar-refractivity contribution >= 4 is 23.1 Å². The molecule has 0 fully saturated rings. The van der Waals surface area contributed by atoms with Crippen LogP contribution in [0.25, 0.3) is 5.57 Å². The molecule has 36 heavy (non-hydrogen) atoms. The van der Waals surface area contributed by atoms with Gasteiger partial charge in [-0.05, 0) is 53.3 Å². The van der Waals surface area contributed by atoms with Gasteiger partial charge in [-0.3, -0.25) is 9.59 Å². The third kappa shape index (κ3) is 10.3. The van der Waals surface area contributed by atoms with E-state index in [2.05, 4.69) is 16.2 Å². The molecule has 4 N–H and O–H groups in total. The maximum absolute atomic E-state index is 12.3. The molecule has 3 rings (SSSR count). The van der Waals surface area contributed by atoms with Crippen LogP contribution in [0.1, 0.15) is 59.1 Å². The maximum Gasteiger partial charge on any atom is 0.322 e. The lowest BCUT2D eigenvalue weighted by Crippen LogP contribution is -2.47. The highest BCUT2D eigenvalue weighted by Gasteiger charge is 2.20. The molecule has 1 unspecified atom stereocenters. The summed E-state index contributed by atoms with van der Waals surface area (Å²) in [7, 11) is 0. The molecule has 6 heteroatoms. The van der Waals surface area contributed by atoms with Gasteiger partial charge in [-0.1, -0.05) is 96.2 Å². The minimum atomic E-state index is -0.889. The van der Waals surface area contributed by atoms with E-state index in [0.717, 1.165) is 34.5 Å². The highest BCUT2D eigenvalue weighted by molar-refractivity contribution is 5.92. The fraction of sp³-hybridized carbons (Fsp3) is 0.333. The van der Waals surface area contributed by atoms with Crippen LogP contribution in [0.3, 0.4) is 0 Å². The molecule has 0 aliphatic heterocycles. The number of benzene rings is 2. The minimum Gasteiger partial charge on any atom is -0.480 e. The number of carboxylic acid groups (broad SMARTS) is 1. The average molecular weight is 492 g/mol. The van der Waals surface area contributed by atoms with Gasteiger partial charge in [0.25, 0.3) is 0 Å². The van der Waals surface area contributed by atoms with Gasteiger partial charge in [0.1, 0.15) is 6.04 Å². The molecule has 2 aromatic rings. The number of carbonyl (C=O) groups is 2. The number of nitrogens with one attached hydrogen (secondary N) is 3. The van der Waals surface area contributed by atoms with E-state index in [4.69, 9.17) is 0 Å². The van der Waals surface area contributed by atoms with Gasteiger partial charge in [-0.2, -0.15) is 0 Å². The predicted molar refractivity (Wildman–Crippen MR) is 150 cm³/mol. The smallest absolute Gasteiger partial charge is 0.322 e. The van der Waals surface area contributed by atoms with Crippen molar-refractivity contribution in [1.82, 2.24) is 10.9 Å². The Morgan fingerprint density at radius 3 is 2.14 bits per heavy atom. The summed E-state index contributed by atoms with van der Waals surface area (Å²) in [6.45, 7) is 11.7. The number of carboxylic acids is 1. The summed E-state index contributed by atoms with van der Waals surface area (Å²) in [5.41, 5.74) is 10.6. The molecule has 0 spiro atoms. The lowest BCUT2D eigenvalue weighted by molar-refractivity contribution is -0.140. The summed E-state index contributed by atoms with van der Waals surface area (Å²) in [5, 5.41) is 12.2. The molecule has 0 saturated heterocycles. The number of amides is 1. The Kier molecular flexibility index (Phi) is 14.3. The van der Waals surface area contributed by atoms with Gasteiger partial charge in [-0.25, -0.2) is 5.43 Å². The first-order valence-electron chi connectivity index (χ1n) is 12.7. The first-order chi connectivity index (χ1) is 17.4. The highest BCUT2D eigenvalue weighted by atomic mass is 16.4. The third-order valence-electron chi connectivity index (χ3n) is 5.15. The number of allylic oxidation sites excluding steroid dienone is 5. The van der Waals surface area contributed by atoms with E-state index in [9.17, 15) is 14.7 Å². The topological polar surface area (TPSA) is 90.5 Å². The minimum absolute atomic E-state index is 0.0465. The van der Waals surface area contributed by atoms with Crippen LogP contribution in [0.5, 0.6) is 0 Å². The van der Waals surface area contributed by atoms with Crippen LogP contribution < -0.4 is 16.2 Å². The van der Waals surface area contributed by atoms with Crippen molar-refractivity contribution in [3.05, 3.63) is 95.7 Å². The van der Waals surface area contributed by atoms with Crippen molar-refractivity contribution in [1.29, 1.82) is 0 Å². The largest absolute Gasteiger partial charge is 0.480 e. The highest BCUT2D eigenvalue weighted by Crippen LogP contribution is 2.22. The zero-order valence-electron chi connectivity index (χ0n) is 22.3. The fourth-order valence-electron chi connectivity index (χ4n) is 3.35. The van der Waals surface area contributed by atoms with Crippen molar-refractivity contribution in [3.8, 4) is 0 Å². The molecule has 1 amide bonds. The van der Waals surface area contributed by atoms with Crippen molar-refractivity contribution < 1.29 is 14.7 Å². The number of hydrogen-bond acceptors (Lipinski definition) is 4. The number of carbonyl (C=O) groups excluding carboxylic acids is 1. The second-order valence-electron chi connectivity index (χ2n) is 8.04. The SMILES string of the molecule is CC.CC.CC(C)C(NNC1=CC=C(c2ccc(CC(=O)Nc3ccccc3)cc2)CC=C1)C(=O)O. The van der Waals surface area contributed by atoms with Crippen LogP contribution >= 0.6 is 0 Å². The van der Waals surface area contributed by atoms with Crippen molar-refractivity contribution in [2.45, 2.75) is 60.4 Å². The second-order valence-corrected chi connectivity index (χ2v) is 8.04. The van der Waals surface area contributed by atoms with E-state index in [1.165, 1.54) is 0 Å². The van der Waals surface area contributed by atoms with Crippen molar-refractivity contribution in [2.24, 2.45) is 5.92 Å². The first kappa shape index (κ1) is 30.4. The Bertz CT molecular complexity index is 1020. The van der Waals surface area contributed by atoms with Crippen LogP contribution in [0.4, 0.5) is 5.69 Å². The number of rotatable bonds is 9. The van der Waals surface area contributed by atoms with Gasteiger partial charge >= 0.3 is 5.97 Å². The normalized spacial score (nSPS) is 13.0. The standard InChI is InChI=1S/C26H29N3O3.2C2H6/c1-18(2)25(26(31)32)29-28-23-10-6-7-20(15-16-23)21-13-11-19(12-14-21)17-24(30)27-22-8-4-3-5-9-22;2*1-2/h3-6,8-16,18,25,28-29H,7,17H2,1-2H3,(H,27,30)(H,31,32);2*1-2H3. The van der Waals surface area contributed by atoms with E-state index in [-0.39, 0.29) is 11.8 Å².